The second-order valence-corrected chi connectivity index (χ2v) is 6.48. The molecule has 0 unspecified atom stereocenters. The number of hydrogen-bond donors (Lipinski definition) is 2. The first kappa shape index (κ1) is 17.7. The molecule has 30 heavy (non-hydrogen) atoms. The zero-order chi connectivity index (χ0) is 20.3. The number of nitrogens with one attached hydrogen (secondary N) is 2. The first-order chi connectivity index (χ1) is 14.8. The maximum absolute atomic E-state index is 5.18. The molecule has 9 heteroatoms. The number of anilines is 4. The van der Waals surface area contributed by atoms with Gasteiger partial charge in [-0.2, -0.15) is 4.98 Å². The lowest BCUT2D eigenvalue weighted by molar-refractivity contribution is 0.442. The van der Waals surface area contributed by atoms with Gasteiger partial charge in [0.2, 0.25) is 5.95 Å². The van der Waals surface area contributed by atoms with Crippen LogP contribution in [0.3, 0.4) is 0 Å². The monoisotopic (exact) mass is 396 g/mol. The molecule has 0 spiro atoms. The number of benzene rings is 1. The molecule has 146 valence electrons. The minimum atomic E-state index is 0.452. The highest BCUT2D eigenvalue weighted by atomic mass is 16.5. The summed E-state index contributed by atoms with van der Waals surface area (Å²) in [4.78, 5) is 21.5. The fourth-order valence-corrected chi connectivity index (χ4v) is 3.00. The molecule has 0 atom stereocenters. The maximum atomic E-state index is 5.18. The van der Waals surface area contributed by atoms with Gasteiger partial charge in [0.05, 0.1) is 17.1 Å². The van der Waals surface area contributed by atoms with E-state index in [4.69, 9.17) is 4.52 Å². The van der Waals surface area contributed by atoms with Gasteiger partial charge in [-0.25, -0.2) is 15.0 Å². The molecule has 0 saturated carbocycles. The third kappa shape index (κ3) is 3.51. The topological polar surface area (TPSA) is 115 Å². The quantitative estimate of drug-likeness (QED) is 0.449. The van der Waals surface area contributed by atoms with E-state index >= 15 is 0 Å². The Morgan fingerprint density at radius 2 is 1.60 bits per heavy atom. The first-order valence-electron chi connectivity index (χ1n) is 9.22. The molecule has 5 aromatic rings. The van der Waals surface area contributed by atoms with Crippen LogP contribution in [0.1, 0.15) is 5.69 Å². The van der Waals surface area contributed by atoms with Crippen molar-refractivity contribution < 1.29 is 4.52 Å². The number of aromatic nitrogens is 6. The van der Waals surface area contributed by atoms with Gasteiger partial charge in [-0.15, -0.1) is 0 Å². The molecule has 0 bridgehead atoms. The largest absolute Gasteiger partial charge is 0.339 e. The number of aryl methyl sites for hydroxylation is 1. The van der Waals surface area contributed by atoms with Crippen molar-refractivity contribution in [1.82, 2.24) is 30.1 Å². The lowest BCUT2D eigenvalue weighted by atomic mass is 10.2. The molecule has 2 N–H and O–H groups in total. The fourth-order valence-electron chi connectivity index (χ4n) is 3.00. The van der Waals surface area contributed by atoms with Gasteiger partial charge in [0.25, 0.3) is 5.71 Å². The van der Waals surface area contributed by atoms with Gasteiger partial charge in [0.1, 0.15) is 17.5 Å². The number of fused-ring (bicyclic) bond motifs is 1. The summed E-state index contributed by atoms with van der Waals surface area (Å²) in [5.41, 5.74) is 4.45. The van der Waals surface area contributed by atoms with E-state index in [0.29, 0.717) is 17.5 Å². The molecule has 5 rings (SSSR count). The summed E-state index contributed by atoms with van der Waals surface area (Å²) < 4.78 is 5.18. The predicted molar refractivity (Wildman–Crippen MR) is 113 cm³/mol. The number of nitrogens with zero attached hydrogens (tertiary/aromatic N) is 6. The summed E-state index contributed by atoms with van der Waals surface area (Å²) in [6.45, 7) is 1.85. The molecule has 0 aliphatic heterocycles. The molecule has 0 aliphatic carbocycles. The average Bonchev–Trinajstić information content (AvgIpc) is 3.18. The van der Waals surface area contributed by atoms with Crippen molar-refractivity contribution in [2.75, 3.05) is 10.6 Å². The Morgan fingerprint density at radius 3 is 2.40 bits per heavy atom. The highest BCUT2D eigenvalue weighted by Gasteiger charge is 2.12. The van der Waals surface area contributed by atoms with Crippen LogP contribution in [0, 0.1) is 6.92 Å². The molecule has 0 amide bonds. The minimum Gasteiger partial charge on any atom is -0.339 e. The van der Waals surface area contributed by atoms with Crippen molar-refractivity contribution in [3.8, 4) is 11.4 Å². The van der Waals surface area contributed by atoms with E-state index in [2.05, 4.69) is 40.7 Å². The number of pyridine rings is 1. The van der Waals surface area contributed by atoms with Crippen molar-refractivity contribution in [3.05, 3.63) is 72.9 Å². The molecule has 0 radical (unpaired) electrons. The van der Waals surface area contributed by atoms with E-state index in [1.54, 1.807) is 12.4 Å². The highest BCUT2D eigenvalue weighted by molar-refractivity contribution is 5.89. The SMILES string of the molecule is Cc1noc2ncnc(Nc3ccc(Nc4nccc(-c5ccccn5)n4)cc3)c12. The predicted octanol–water partition coefficient (Wildman–Crippen LogP) is 4.27. The molecule has 1 aromatic carbocycles. The third-order valence-corrected chi connectivity index (χ3v) is 4.43. The van der Waals surface area contributed by atoms with E-state index < -0.39 is 0 Å². The molecular weight excluding hydrogens is 380 g/mol. The zero-order valence-electron chi connectivity index (χ0n) is 15.9. The lowest BCUT2D eigenvalue weighted by Crippen LogP contribution is -1.99. The van der Waals surface area contributed by atoms with Crippen LogP contribution in [0.2, 0.25) is 0 Å². The van der Waals surface area contributed by atoms with E-state index in [1.807, 2.05) is 55.5 Å². The lowest BCUT2D eigenvalue weighted by Gasteiger charge is -2.09. The summed E-state index contributed by atoms with van der Waals surface area (Å²) in [6.07, 6.45) is 4.89. The molecule has 9 nitrogen and oxygen atoms in total. The van der Waals surface area contributed by atoms with Gasteiger partial charge in [0, 0.05) is 23.8 Å². The zero-order valence-corrected chi connectivity index (χ0v) is 15.9. The first-order valence-corrected chi connectivity index (χ1v) is 9.22. The number of rotatable bonds is 5. The molecular formula is C21H16N8O. The second kappa shape index (κ2) is 7.55. The summed E-state index contributed by atoms with van der Waals surface area (Å²) in [5, 5.41) is 11.2. The van der Waals surface area contributed by atoms with Crippen LogP contribution in [0.5, 0.6) is 0 Å². The average molecular weight is 396 g/mol. The minimum absolute atomic E-state index is 0.452. The van der Waals surface area contributed by atoms with Gasteiger partial charge in [0.15, 0.2) is 0 Å². The molecule has 0 aliphatic rings. The van der Waals surface area contributed by atoms with Crippen LogP contribution < -0.4 is 10.6 Å². The Hall–Kier alpha value is -4.40. The van der Waals surface area contributed by atoms with E-state index in [0.717, 1.165) is 33.8 Å². The normalized spacial score (nSPS) is 10.8. The van der Waals surface area contributed by atoms with Crippen LogP contribution in [0.4, 0.5) is 23.1 Å². The van der Waals surface area contributed by atoms with Crippen LogP contribution in [-0.2, 0) is 0 Å². The Kier molecular flexibility index (Phi) is 4.45. The van der Waals surface area contributed by atoms with Crippen molar-refractivity contribution in [2.24, 2.45) is 0 Å². The Bertz CT molecular complexity index is 1300. The van der Waals surface area contributed by atoms with E-state index in [-0.39, 0.29) is 0 Å². The summed E-state index contributed by atoms with van der Waals surface area (Å²) in [7, 11) is 0. The molecule has 4 heterocycles. The van der Waals surface area contributed by atoms with Crippen molar-refractivity contribution >= 4 is 34.2 Å². The molecule has 0 saturated heterocycles. The van der Waals surface area contributed by atoms with E-state index in [9.17, 15) is 0 Å². The van der Waals surface area contributed by atoms with Gasteiger partial charge < -0.3 is 15.2 Å². The highest BCUT2D eigenvalue weighted by Crippen LogP contribution is 2.26. The molecule has 0 fully saturated rings. The summed E-state index contributed by atoms with van der Waals surface area (Å²) >= 11 is 0. The van der Waals surface area contributed by atoms with Gasteiger partial charge in [-0.1, -0.05) is 11.2 Å². The Labute approximate surface area is 171 Å². The van der Waals surface area contributed by atoms with Gasteiger partial charge in [-0.3, -0.25) is 4.98 Å². The fraction of sp³-hybridized carbons (Fsp3) is 0.0476. The smallest absolute Gasteiger partial charge is 0.263 e. The van der Waals surface area contributed by atoms with Crippen molar-refractivity contribution in [3.63, 3.8) is 0 Å². The van der Waals surface area contributed by atoms with Crippen molar-refractivity contribution in [2.45, 2.75) is 6.92 Å². The standard InChI is InChI=1S/C21H16N8O/c1-13-18-19(24-12-25-20(18)30-29-13)26-14-5-7-15(8-6-14)27-21-23-11-9-17(28-21)16-4-2-3-10-22-16/h2-12H,1H3,(H,23,27,28)(H,24,25,26). The Balaban J connectivity index is 1.34. The summed E-state index contributed by atoms with van der Waals surface area (Å²) in [5.74, 6) is 1.14. The summed E-state index contributed by atoms with van der Waals surface area (Å²) in [6, 6.07) is 15.3. The van der Waals surface area contributed by atoms with Gasteiger partial charge >= 0.3 is 0 Å². The van der Waals surface area contributed by atoms with Crippen molar-refractivity contribution in [1.29, 1.82) is 0 Å². The van der Waals surface area contributed by atoms with Gasteiger partial charge in [-0.05, 0) is 49.4 Å². The molecule has 4 aromatic heterocycles. The maximum Gasteiger partial charge on any atom is 0.263 e. The third-order valence-electron chi connectivity index (χ3n) is 4.43. The van der Waals surface area contributed by atoms with Crippen LogP contribution in [0.15, 0.2) is 71.8 Å². The van der Waals surface area contributed by atoms with E-state index in [1.165, 1.54) is 6.33 Å². The van der Waals surface area contributed by atoms with Crippen LogP contribution >= 0.6 is 0 Å². The van der Waals surface area contributed by atoms with Crippen LogP contribution in [0.25, 0.3) is 22.5 Å². The second-order valence-electron chi connectivity index (χ2n) is 6.48. The van der Waals surface area contributed by atoms with Crippen LogP contribution in [-0.4, -0.2) is 30.1 Å². The Morgan fingerprint density at radius 1 is 0.767 bits per heavy atom. The number of hydrogen-bond acceptors (Lipinski definition) is 9.